The number of nitro benzene ring substituents is 1. The van der Waals surface area contributed by atoms with Crippen LogP contribution in [0.5, 0.6) is 0 Å². The van der Waals surface area contributed by atoms with Crippen molar-refractivity contribution >= 4 is 11.4 Å². The van der Waals surface area contributed by atoms with E-state index in [0.29, 0.717) is 6.04 Å². The van der Waals surface area contributed by atoms with E-state index in [1.54, 1.807) is 12.1 Å². The molecular formula is C15H25N3O2. The Bertz CT molecular complexity index is 447. The van der Waals surface area contributed by atoms with E-state index in [1.807, 2.05) is 6.07 Å². The molecule has 1 aromatic rings. The van der Waals surface area contributed by atoms with Gasteiger partial charge in [0.25, 0.3) is 5.69 Å². The van der Waals surface area contributed by atoms with Gasteiger partial charge in [-0.15, -0.1) is 0 Å². The van der Waals surface area contributed by atoms with E-state index in [1.165, 1.54) is 12.8 Å². The molecule has 0 bridgehead atoms. The van der Waals surface area contributed by atoms with Crippen molar-refractivity contribution in [2.75, 3.05) is 12.3 Å². The van der Waals surface area contributed by atoms with Gasteiger partial charge in [0.05, 0.1) is 4.92 Å². The third-order valence-electron chi connectivity index (χ3n) is 3.46. The summed E-state index contributed by atoms with van der Waals surface area (Å²) >= 11 is 0. The Hall–Kier alpha value is -1.62. The van der Waals surface area contributed by atoms with Crippen molar-refractivity contribution in [2.24, 2.45) is 0 Å². The smallest absolute Gasteiger partial charge is 0.292 e. The molecule has 0 aliphatic heterocycles. The lowest BCUT2D eigenvalue weighted by molar-refractivity contribution is -0.384. The second kappa shape index (κ2) is 7.85. The van der Waals surface area contributed by atoms with Gasteiger partial charge in [0.15, 0.2) is 0 Å². The molecule has 0 aliphatic rings. The molecule has 0 saturated heterocycles. The van der Waals surface area contributed by atoms with Gasteiger partial charge < -0.3 is 5.73 Å². The Morgan fingerprint density at radius 3 is 2.60 bits per heavy atom. The Morgan fingerprint density at radius 1 is 1.35 bits per heavy atom. The zero-order valence-electron chi connectivity index (χ0n) is 12.6. The molecule has 0 heterocycles. The number of nitro groups is 1. The molecule has 5 heteroatoms. The van der Waals surface area contributed by atoms with Crippen molar-refractivity contribution in [1.29, 1.82) is 0 Å². The lowest BCUT2D eigenvalue weighted by Crippen LogP contribution is -2.31. The van der Waals surface area contributed by atoms with Crippen molar-refractivity contribution in [3.05, 3.63) is 33.9 Å². The van der Waals surface area contributed by atoms with Crippen LogP contribution in [0.15, 0.2) is 18.2 Å². The van der Waals surface area contributed by atoms with Crippen LogP contribution in [0.3, 0.4) is 0 Å². The van der Waals surface area contributed by atoms with Gasteiger partial charge in [-0.05, 0) is 38.4 Å². The Labute approximate surface area is 120 Å². The minimum absolute atomic E-state index is 0.000218. The number of nitrogen functional groups attached to an aromatic ring is 1. The van der Waals surface area contributed by atoms with Crippen LogP contribution in [-0.2, 0) is 6.54 Å². The summed E-state index contributed by atoms with van der Waals surface area (Å²) in [6, 6.07) is 5.50. The number of hydrogen-bond acceptors (Lipinski definition) is 4. The minimum Gasteiger partial charge on any atom is -0.393 e. The van der Waals surface area contributed by atoms with E-state index >= 15 is 0 Å². The second-order valence-corrected chi connectivity index (χ2v) is 5.42. The van der Waals surface area contributed by atoms with Crippen LogP contribution in [-0.4, -0.2) is 22.4 Å². The first kappa shape index (κ1) is 16.4. The fourth-order valence-corrected chi connectivity index (χ4v) is 2.16. The Morgan fingerprint density at radius 2 is 2.05 bits per heavy atom. The largest absolute Gasteiger partial charge is 0.393 e. The molecule has 0 atom stereocenters. The van der Waals surface area contributed by atoms with E-state index in [4.69, 9.17) is 5.73 Å². The molecule has 0 fully saturated rings. The van der Waals surface area contributed by atoms with Crippen molar-refractivity contribution < 1.29 is 4.92 Å². The van der Waals surface area contributed by atoms with Crippen molar-refractivity contribution in [1.82, 2.24) is 4.90 Å². The standard InChI is InChI=1S/C15H25N3O2/c1-4-5-6-9-17(12(2)3)11-13-7-8-14(16)15(10-13)18(19)20/h7-8,10,12H,4-6,9,11,16H2,1-3H3. The van der Waals surface area contributed by atoms with Crippen LogP contribution in [0.1, 0.15) is 45.6 Å². The number of unbranched alkanes of at least 4 members (excludes halogenated alkanes) is 2. The molecule has 5 nitrogen and oxygen atoms in total. The molecule has 1 rings (SSSR count). The maximum atomic E-state index is 10.9. The average molecular weight is 279 g/mol. The summed E-state index contributed by atoms with van der Waals surface area (Å²) < 4.78 is 0. The maximum absolute atomic E-state index is 10.9. The Balaban J connectivity index is 2.78. The van der Waals surface area contributed by atoms with Gasteiger partial charge in [0.1, 0.15) is 5.69 Å². The zero-order chi connectivity index (χ0) is 15.1. The van der Waals surface area contributed by atoms with Crippen LogP contribution in [0.2, 0.25) is 0 Å². The van der Waals surface area contributed by atoms with Gasteiger partial charge in [-0.1, -0.05) is 25.8 Å². The first-order valence-corrected chi connectivity index (χ1v) is 7.22. The van der Waals surface area contributed by atoms with E-state index < -0.39 is 4.92 Å². The number of nitrogens with zero attached hydrogens (tertiary/aromatic N) is 2. The molecule has 0 aromatic heterocycles. The van der Waals surface area contributed by atoms with Crippen molar-refractivity contribution in [3.8, 4) is 0 Å². The summed E-state index contributed by atoms with van der Waals surface area (Å²) in [6.07, 6.45) is 3.57. The number of benzene rings is 1. The van der Waals surface area contributed by atoms with Gasteiger partial charge in [-0.3, -0.25) is 15.0 Å². The van der Waals surface area contributed by atoms with E-state index in [2.05, 4.69) is 25.7 Å². The molecule has 20 heavy (non-hydrogen) atoms. The lowest BCUT2D eigenvalue weighted by atomic mass is 10.1. The topological polar surface area (TPSA) is 72.4 Å². The third-order valence-corrected chi connectivity index (χ3v) is 3.46. The van der Waals surface area contributed by atoms with E-state index in [0.717, 1.165) is 25.1 Å². The average Bonchev–Trinajstić information content (AvgIpc) is 2.39. The first-order valence-electron chi connectivity index (χ1n) is 7.22. The molecule has 1 aromatic carbocycles. The van der Waals surface area contributed by atoms with Crippen molar-refractivity contribution in [3.63, 3.8) is 0 Å². The third kappa shape index (κ3) is 4.81. The highest BCUT2D eigenvalue weighted by molar-refractivity contribution is 5.59. The van der Waals surface area contributed by atoms with E-state index in [9.17, 15) is 10.1 Å². The fraction of sp³-hybridized carbons (Fsp3) is 0.600. The van der Waals surface area contributed by atoms with Gasteiger partial charge in [-0.2, -0.15) is 0 Å². The first-order chi connectivity index (χ1) is 9.45. The van der Waals surface area contributed by atoms with Crippen LogP contribution in [0, 0.1) is 10.1 Å². The normalized spacial score (nSPS) is 11.2. The molecule has 0 aliphatic carbocycles. The summed E-state index contributed by atoms with van der Waals surface area (Å²) in [6.45, 7) is 8.23. The van der Waals surface area contributed by atoms with Crippen molar-refractivity contribution in [2.45, 2.75) is 52.6 Å². The lowest BCUT2D eigenvalue weighted by Gasteiger charge is -2.26. The monoisotopic (exact) mass is 279 g/mol. The fourth-order valence-electron chi connectivity index (χ4n) is 2.16. The number of anilines is 1. The highest BCUT2D eigenvalue weighted by atomic mass is 16.6. The van der Waals surface area contributed by atoms with Crippen LogP contribution >= 0.6 is 0 Å². The minimum atomic E-state index is -0.421. The molecular weight excluding hydrogens is 254 g/mol. The van der Waals surface area contributed by atoms with Gasteiger partial charge in [0, 0.05) is 18.7 Å². The van der Waals surface area contributed by atoms with Gasteiger partial charge in [0.2, 0.25) is 0 Å². The molecule has 2 N–H and O–H groups in total. The van der Waals surface area contributed by atoms with Crippen LogP contribution < -0.4 is 5.73 Å². The van der Waals surface area contributed by atoms with Crippen LogP contribution in [0.4, 0.5) is 11.4 Å². The summed E-state index contributed by atoms with van der Waals surface area (Å²) in [5.74, 6) is 0. The number of hydrogen-bond donors (Lipinski definition) is 1. The zero-order valence-corrected chi connectivity index (χ0v) is 12.6. The molecule has 0 spiro atoms. The summed E-state index contributed by atoms with van der Waals surface area (Å²) in [5.41, 5.74) is 6.79. The predicted molar refractivity (Wildman–Crippen MR) is 82.6 cm³/mol. The summed E-state index contributed by atoms with van der Waals surface area (Å²) in [4.78, 5) is 12.8. The van der Waals surface area contributed by atoms with Crippen LogP contribution in [0.25, 0.3) is 0 Å². The molecule has 0 saturated carbocycles. The quantitative estimate of drug-likeness (QED) is 0.342. The molecule has 0 amide bonds. The summed E-state index contributed by atoms with van der Waals surface area (Å²) in [7, 11) is 0. The molecule has 0 radical (unpaired) electrons. The maximum Gasteiger partial charge on any atom is 0.292 e. The highest BCUT2D eigenvalue weighted by Crippen LogP contribution is 2.23. The Kier molecular flexibility index (Phi) is 6.45. The van der Waals surface area contributed by atoms with Gasteiger partial charge >= 0.3 is 0 Å². The van der Waals surface area contributed by atoms with Gasteiger partial charge in [-0.25, -0.2) is 0 Å². The predicted octanol–water partition coefficient (Wildman–Crippen LogP) is 3.58. The number of nitrogens with two attached hydrogens (primary N) is 1. The molecule has 112 valence electrons. The molecule has 0 unspecified atom stereocenters. The van der Waals surface area contributed by atoms with E-state index in [-0.39, 0.29) is 11.4 Å². The summed E-state index contributed by atoms with van der Waals surface area (Å²) in [5, 5.41) is 10.9. The SMILES string of the molecule is CCCCCN(Cc1ccc(N)c([N+](=O)[O-])c1)C(C)C. The highest BCUT2D eigenvalue weighted by Gasteiger charge is 2.15. The second-order valence-electron chi connectivity index (χ2n) is 5.42. The number of rotatable bonds is 8.